The summed E-state index contributed by atoms with van der Waals surface area (Å²) >= 11 is 0. The number of nitrogens with one attached hydrogen (secondary N) is 1. The zero-order valence-electron chi connectivity index (χ0n) is 15.4. The van der Waals surface area contributed by atoms with E-state index < -0.39 is 11.9 Å². The van der Waals surface area contributed by atoms with E-state index >= 15 is 0 Å². The smallest absolute Gasteiger partial charge is 0.338 e. The van der Waals surface area contributed by atoms with Crippen molar-refractivity contribution in [2.24, 2.45) is 0 Å². The van der Waals surface area contributed by atoms with Gasteiger partial charge in [-0.05, 0) is 30.3 Å². The van der Waals surface area contributed by atoms with E-state index in [9.17, 15) is 9.59 Å². The van der Waals surface area contributed by atoms with Gasteiger partial charge in [0.15, 0.2) is 18.1 Å². The molecule has 27 heavy (non-hydrogen) atoms. The Balaban J connectivity index is 1.56. The van der Waals surface area contributed by atoms with Gasteiger partial charge in [0.25, 0.3) is 5.91 Å². The fourth-order valence-corrected chi connectivity index (χ4v) is 2.56. The molecule has 2 aromatic carbocycles. The Morgan fingerprint density at radius 2 is 1.85 bits per heavy atom. The monoisotopic (exact) mass is 370 g/mol. The lowest BCUT2D eigenvalue weighted by Gasteiger charge is -2.13. The second-order valence-electron chi connectivity index (χ2n) is 6.28. The highest BCUT2D eigenvalue weighted by Crippen LogP contribution is 2.32. The van der Waals surface area contributed by atoms with Gasteiger partial charge in [-0.25, -0.2) is 4.79 Å². The third kappa shape index (κ3) is 4.91. The quantitative estimate of drug-likeness (QED) is 0.816. The highest BCUT2D eigenvalue weighted by molar-refractivity contribution is 5.96. The predicted molar refractivity (Wildman–Crippen MR) is 102 cm³/mol. The van der Waals surface area contributed by atoms with E-state index in [-0.39, 0.29) is 6.61 Å². The summed E-state index contributed by atoms with van der Waals surface area (Å²) in [6.07, 6.45) is 0.807. The van der Waals surface area contributed by atoms with E-state index in [1.165, 1.54) is 0 Å². The molecule has 0 atom stereocenters. The molecule has 1 aliphatic heterocycles. The molecule has 0 unspecified atom stereocenters. The van der Waals surface area contributed by atoms with E-state index in [1.807, 2.05) is 25.1 Å². The molecule has 0 saturated heterocycles. The maximum Gasteiger partial charge on any atom is 0.338 e. The minimum atomic E-state index is -0.549. The predicted octanol–water partition coefficient (Wildman–Crippen LogP) is 2.71. The van der Waals surface area contributed by atoms with Crippen LogP contribution in [0.25, 0.3) is 0 Å². The van der Waals surface area contributed by atoms with Crippen molar-refractivity contribution in [1.29, 1.82) is 0 Å². The molecule has 1 heterocycles. The zero-order chi connectivity index (χ0) is 19.2. The summed E-state index contributed by atoms with van der Waals surface area (Å²) in [5.74, 6) is 0.259. The Bertz CT molecular complexity index is 835. The molecule has 2 aromatic rings. The van der Waals surface area contributed by atoms with Crippen molar-refractivity contribution in [2.45, 2.75) is 6.42 Å². The topological polar surface area (TPSA) is 77.1 Å². The fourth-order valence-electron chi connectivity index (χ4n) is 2.56. The lowest BCUT2D eigenvalue weighted by molar-refractivity contribution is -0.119. The number of esters is 1. The largest absolute Gasteiger partial charge is 0.490 e. The van der Waals surface area contributed by atoms with Crippen LogP contribution >= 0.6 is 0 Å². The first-order valence-corrected chi connectivity index (χ1v) is 8.67. The first kappa shape index (κ1) is 18.6. The number of carbonyl (C=O) groups is 2. The molecule has 1 amide bonds. The van der Waals surface area contributed by atoms with Crippen molar-refractivity contribution in [3.05, 3.63) is 48.0 Å². The van der Waals surface area contributed by atoms with Crippen LogP contribution in [0.2, 0.25) is 0 Å². The Morgan fingerprint density at radius 1 is 1.07 bits per heavy atom. The molecule has 0 fully saturated rings. The minimum absolute atomic E-state index is 0.376. The number of fused-ring (bicyclic) bond motifs is 1. The molecule has 0 radical (unpaired) electrons. The van der Waals surface area contributed by atoms with Gasteiger partial charge in [0, 0.05) is 38.0 Å². The zero-order valence-corrected chi connectivity index (χ0v) is 15.4. The van der Waals surface area contributed by atoms with E-state index in [0.717, 1.165) is 12.1 Å². The molecular weight excluding hydrogens is 348 g/mol. The van der Waals surface area contributed by atoms with Crippen LogP contribution in [0.3, 0.4) is 0 Å². The average Bonchev–Trinajstić information content (AvgIpc) is 2.91. The van der Waals surface area contributed by atoms with Gasteiger partial charge < -0.3 is 24.4 Å². The van der Waals surface area contributed by atoms with Crippen molar-refractivity contribution < 1.29 is 23.8 Å². The van der Waals surface area contributed by atoms with E-state index in [0.29, 0.717) is 36.0 Å². The van der Waals surface area contributed by atoms with Crippen LogP contribution in [-0.4, -0.2) is 45.8 Å². The normalized spacial score (nSPS) is 12.7. The van der Waals surface area contributed by atoms with Crippen LogP contribution in [0.15, 0.2) is 42.5 Å². The number of hydrogen-bond acceptors (Lipinski definition) is 6. The van der Waals surface area contributed by atoms with E-state index in [1.54, 1.807) is 36.4 Å². The molecule has 1 N–H and O–H groups in total. The summed E-state index contributed by atoms with van der Waals surface area (Å²) in [4.78, 5) is 26.1. The van der Waals surface area contributed by atoms with E-state index in [4.69, 9.17) is 14.2 Å². The summed E-state index contributed by atoms with van der Waals surface area (Å²) in [7, 11) is 3.76. The molecule has 7 nitrogen and oxygen atoms in total. The number of anilines is 2. The number of rotatable bonds is 5. The fraction of sp³-hybridized carbons (Fsp3) is 0.300. The molecule has 0 aromatic heterocycles. The van der Waals surface area contributed by atoms with Crippen molar-refractivity contribution in [3.8, 4) is 11.5 Å². The molecule has 7 heteroatoms. The molecule has 3 rings (SSSR count). The summed E-state index contributed by atoms with van der Waals surface area (Å²) in [6, 6.07) is 12.2. The summed E-state index contributed by atoms with van der Waals surface area (Å²) in [5, 5.41) is 2.69. The molecule has 0 aliphatic carbocycles. The Hall–Kier alpha value is -3.22. The molecule has 0 saturated carbocycles. The van der Waals surface area contributed by atoms with Gasteiger partial charge >= 0.3 is 5.97 Å². The second kappa shape index (κ2) is 8.44. The molecule has 0 spiro atoms. The second-order valence-corrected chi connectivity index (χ2v) is 6.28. The lowest BCUT2D eigenvalue weighted by Crippen LogP contribution is -2.21. The minimum Gasteiger partial charge on any atom is -0.490 e. The van der Waals surface area contributed by atoms with E-state index in [2.05, 4.69) is 5.32 Å². The van der Waals surface area contributed by atoms with Crippen LogP contribution in [0.1, 0.15) is 16.8 Å². The summed E-state index contributed by atoms with van der Waals surface area (Å²) in [6.45, 7) is 0.789. The standard InChI is InChI=1S/C20H22N2O5/c1-22(2)16-6-3-5-14(11-16)20(24)27-13-19(23)21-15-7-8-17-18(12-15)26-10-4-9-25-17/h3,5-8,11-12H,4,9-10,13H2,1-2H3,(H,21,23). The van der Waals surface area contributed by atoms with Crippen LogP contribution in [0, 0.1) is 0 Å². The van der Waals surface area contributed by atoms with Crippen molar-refractivity contribution in [3.63, 3.8) is 0 Å². The van der Waals surface area contributed by atoms with Gasteiger partial charge in [0.05, 0.1) is 18.8 Å². The third-order valence-corrected chi connectivity index (χ3v) is 3.96. The number of amides is 1. The van der Waals surface area contributed by atoms with Crippen molar-refractivity contribution in [2.75, 3.05) is 44.1 Å². The van der Waals surface area contributed by atoms with Crippen LogP contribution in [0.5, 0.6) is 11.5 Å². The first-order valence-electron chi connectivity index (χ1n) is 8.67. The van der Waals surface area contributed by atoms with Crippen molar-refractivity contribution >= 4 is 23.3 Å². The maximum absolute atomic E-state index is 12.1. The molecule has 1 aliphatic rings. The van der Waals surface area contributed by atoms with Gasteiger partial charge in [0.2, 0.25) is 0 Å². The first-order chi connectivity index (χ1) is 13.0. The number of benzene rings is 2. The SMILES string of the molecule is CN(C)c1cccc(C(=O)OCC(=O)Nc2ccc3c(c2)OCCCO3)c1. The molecular formula is C20H22N2O5. The Kier molecular flexibility index (Phi) is 5.80. The number of carbonyl (C=O) groups excluding carboxylic acids is 2. The third-order valence-electron chi connectivity index (χ3n) is 3.96. The molecule has 0 bridgehead atoms. The van der Waals surface area contributed by atoms with Crippen molar-refractivity contribution in [1.82, 2.24) is 0 Å². The van der Waals surface area contributed by atoms with Gasteiger partial charge in [-0.1, -0.05) is 6.07 Å². The number of nitrogens with zero attached hydrogens (tertiary/aromatic N) is 1. The molecule has 142 valence electrons. The lowest BCUT2D eigenvalue weighted by atomic mass is 10.2. The van der Waals surface area contributed by atoms with Gasteiger partial charge in [-0.3, -0.25) is 4.79 Å². The number of ether oxygens (including phenoxy) is 3. The highest BCUT2D eigenvalue weighted by atomic mass is 16.5. The maximum atomic E-state index is 12.1. The van der Waals surface area contributed by atoms with Gasteiger partial charge in [-0.15, -0.1) is 0 Å². The van der Waals surface area contributed by atoms with Gasteiger partial charge in [-0.2, -0.15) is 0 Å². The average molecular weight is 370 g/mol. The van der Waals surface area contributed by atoms with Crippen LogP contribution < -0.4 is 19.7 Å². The summed E-state index contributed by atoms with van der Waals surface area (Å²) < 4.78 is 16.2. The summed E-state index contributed by atoms with van der Waals surface area (Å²) in [5.41, 5.74) is 1.82. The van der Waals surface area contributed by atoms with Crippen LogP contribution in [-0.2, 0) is 9.53 Å². The Morgan fingerprint density at radius 3 is 2.63 bits per heavy atom. The highest BCUT2D eigenvalue weighted by Gasteiger charge is 2.14. The number of hydrogen-bond donors (Lipinski definition) is 1. The van der Waals surface area contributed by atoms with Gasteiger partial charge in [0.1, 0.15) is 0 Å². The Labute approximate surface area is 157 Å². The van der Waals surface area contributed by atoms with Crippen LogP contribution in [0.4, 0.5) is 11.4 Å².